The third-order valence-corrected chi connectivity index (χ3v) is 5.63. The molecule has 3 aromatic carbocycles. The van der Waals surface area contributed by atoms with Gasteiger partial charge in [0.1, 0.15) is 13.2 Å². The van der Waals surface area contributed by atoms with Gasteiger partial charge < -0.3 is 14.4 Å². The zero-order valence-electron chi connectivity index (χ0n) is 18.2. The Bertz CT molecular complexity index is 1230. The fourth-order valence-electron chi connectivity index (χ4n) is 3.94. The van der Waals surface area contributed by atoms with E-state index in [0.717, 1.165) is 28.2 Å². The van der Waals surface area contributed by atoms with Crippen LogP contribution in [0.3, 0.4) is 0 Å². The van der Waals surface area contributed by atoms with E-state index in [2.05, 4.69) is 41.4 Å². The lowest BCUT2D eigenvalue weighted by Crippen LogP contribution is -2.30. The predicted molar refractivity (Wildman–Crippen MR) is 127 cm³/mol. The second-order valence-electron chi connectivity index (χ2n) is 7.94. The summed E-state index contributed by atoms with van der Waals surface area (Å²) in [5, 5.41) is 0. The average Bonchev–Trinajstić information content (AvgIpc) is 2.89. The van der Waals surface area contributed by atoms with Crippen LogP contribution in [0.15, 0.2) is 97.3 Å². The first-order valence-corrected chi connectivity index (χ1v) is 11.0. The first-order chi connectivity index (χ1) is 16.3. The van der Waals surface area contributed by atoms with Crippen LogP contribution in [0.1, 0.15) is 21.5 Å². The molecule has 0 atom stereocenters. The van der Waals surface area contributed by atoms with Crippen LogP contribution in [0.4, 0.5) is 0 Å². The molecule has 0 fully saturated rings. The van der Waals surface area contributed by atoms with Crippen molar-refractivity contribution in [3.05, 3.63) is 114 Å². The van der Waals surface area contributed by atoms with Crippen LogP contribution in [0, 0.1) is 0 Å². The minimum atomic E-state index is -0.0422. The number of carbonyl (C=O) groups excluding carboxylic acids is 1. The summed E-state index contributed by atoms with van der Waals surface area (Å²) in [6.07, 6.45) is 3.29. The molecule has 0 unspecified atom stereocenters. The lowest BCUT2D eigenvalue weighted by molar-refractivity contribution is 0.0729. The highest BCUT2D eigenvalue weighted by molar-refractivity contribution is 5.94. The van der Waals surface area contributed by atoms with Gasteiger partial charge in [0.25, 0.3) is 5.91 Å². The smallest absolute Gasteiger partial charge is 0.254 e. The number of aromatic nitrogens is 1. The first-order valence-electron chi connectivity index (χ1n) is 11.0. The molecule has 0 saturated heterocycles. The van der Waals surface area contributed by atoms with E-state index in [0.29, 0.717) is 31.9 Å². The lowest BCUT2D eigenvalue weighted by Gasteiger charge is -2.25. The van der Waals surface area contributed by atoms with Crippen molar-refractivity contribution in [3.8, 4) is 22.6 Å². The summed E-state index contributed by atoms with van der Waals surface area (Å²) in [7, 11) is 0. The number of rotatable bonds is 6. The number of ether oxygens (including phenoxy) is 2. The molecule has 0 radical (unpaired) electrons. The summed E-state index contributed by atoms with van der Waals surface area (Å²) in [5.74, 6) is 1.43. The van der Waals surface area contributed by atoms with E-state index in [1.165, 1.54) is 5.56 Å². The Balaban J connectivity index is 1.40. The van der Waals surface area contributed by atoms with Gasteiger partial charge in [0, 0.05) is 31.0 Å². The van der Waals surface area contributed by atoms with Gasteiger partial charge in [0.15, 0.2) is 11.5 Å². The van der Waals surface area contributed by atoms with Crippen LogP contribution in [-0.2, 0) is 13.1 Å². The van der Waals surface area contributed by atoms with Crippen molar-refractivity contribution in [2.75, 3.05) is 13.2 Å². The Labute approximate surface area is 193 Å². The highest BCUT2D eigenvalue weighted by atomic mass is 16.6. The third kappa shape index (κ3) is 4.88. The van der Waals surface area contributed by atoms with Gasteiger partial charge in [-0.3, -0.25) is 9.78 Å². The molecule has 0 aliphatic carbocycles. The largest absolute Gasteiger partial charge is 0.486 e. The fourth-order valence-corrected chi connectivity index (χ4v) is 3.94. The van der Waals surface area contributed by atoms with Crippen molar-refractivity contribution in [1.82, 2.24) is 9.88 Å². The molecule has 5 heteroatoms. The number of fused-ring (bicyclic) bond motifs is 1. The van der Waals surface area contributed by atoms with Crippen LogP contribution >= 0.6 is 0 Å². The molecular formula is C28H24N2O3. The van der Waals surface area contributed by atoms with Crippen molar-refractivity contribution in [2.24, 2.45) is 0 Å². The van der Waals surface area contributed by atoms with Gasteiger partial charge in [0.05, 0.1) is 0 Å². The van der Waals surface area contributed by atoms with Crippen molar-refractivity contribution >= 4 is 5.91 Å². The topological polar surface area (TPSA) is 51.7 Å². The second kappa shape index (κ2) is 9.57. The zero-order valence-corrected chi connectivity index (χ0v) is 18.2. The predicted octanol–water partition coefficient (Wildman–Crippen LogP) is 5.36. The Morgan fingerprint density at radius 2 is 1.36 bits per heavy atom. The number of hydrogen-bond donors (Lipinski definition) is 0. The van der Waals surface area contributed by atoms with Crippen molar-refractivity contribution in [2.45, 2.75) is 13.1 Å². The number of hydrogen-bond acceptors (Lipinski definition) is 4. The molecule has 33 heavy (non-hydrogen) atoms. The van der Waals surface area contributed by atoms with E-state index in [1.807, 2.05) is 41.3 Å². The van der Waals surface area contributed by atoms with Crippen LogP contribution in [0.5, 0.6) is 11.5 Å². The number of pyridine rings is 1. The number of benzene rings is 3. The molecule has 1 aliphatic rings. The van der Waals surface area contributed by atoms with Crippen molar-refractivity contribution in [3.63, 3.8) is 0 Å². The summed E-state index contributed by atoms with van der Waals surface area (Å²) < 4.78 is 11.4. The van der Waals surface area contributed by atoms with Gasteiger partial charge in [-0.15, -0.1) is 0 Å². The molecule has 0 bridgehead atoms. The lowest BCUT2D eigenvalue weighted by atomic mass is 10.0. The Kier molecular flexibility index (Phi) is 6.02. The van der Waals surface area contributed by atoms with Crippen LogP contribution in [0.25, 0.3) is 11.1 Å². The van der Waals surface area contributed by atoms with E-state index in [-0.39, 0.29) is 5.91 Å². The normalized spacial score (nSPS) is 12.2. The van der Waals surface area contributed by atoms with Gasteiger partial charge in [-0.2, -0.15) is 0 Å². The van der Waals surface area contributed by atoms with E-state index >= 15 is 0 Å². The first kappa shape index (κ1) is 20.8. The molecule has 1 aromatic heterocycles. The van der Waals surface area contributed by atoms with Crippen LogP contribution in [0.2, 0.25) is 0 Å². The summed E-state index contributed by atoms with van der Waals surface area (Å²) in [6, 6.07) is 28.0. The van der Waals surface area contributed by atoms with Gasteiger partial charge >= 0.3 is 0 Å². The SMILES string of the molecule is O=C(c1ccncc1)N(Cc1ccc(-c2ccccc2)cc1)Cc1ccc2c(c1)OCCO2. The minimum Gasteiger partial charge on any atom is -0.486 e. The molecule has 2 heterocycles. The van der Waals surface area contributed by atoms with E-state index < -0.39 is 0 Å². The van der Waals surface area contributed by atoms with Crippen LogP contribution < -0.4 is 9.47 Å². The molecule has 0 saturated carbocycles. The summed E-state index contributed by atoms with van der Waals surface area (Å²) in [5.41, 5.74) is 4.99. The Hall–Kier alpha value is -4.12. The van der Waals surface area contributed by atoms with Crippen molar-refractivity contribution in [1.29, 1.82) is 0 Å². The van der Waals surface area contributed by atoms with E-state index in [4.69, 9.17) is 9.47 Å². The number of amides is 1. The monoisotopic (exact) mass is 436 g/mol. The summed E-state index contributed by atoms with van der Waals surface area (Å²) in [6.45, 7) is 2.03. The zero-order chi connectivity index (χ0) is 22.5. The standard InChI is InChI=1S/C28H24N2O3/c31-28(25-12-14-29-15-13-25)30(20-22-8-11-26-27(18-22)33-17-16-32-26)19-21-6-9-24(10-7-21)23-4-2-1-3-5-23/h1-15,18H,16-17,19-20H2. The number of nitrogens with zero attached hydrogens (tertiary/aromatic N) is 2. The molecule has 0 N–H and O–H groups in total. The molecule has 5 nitrogen and oxygen atoms in total. The molecule has 4 aromatic rings. The maximum atomic E-state index is 13.4. The van der Waals surface area contributed by atoms with Gasteiger partial charge in [-0.1, -0.05) is 60.7 Å². The van der Waals surface area contributed by atoms with Gasteiger partial charge in [0.2, 0.25) is 0 Å². The Morgan fingerprint density at radius 3 is 2.12 bits per heavy atom. The summed E-state index contributed by atoms with van der Waals surface area (Å²) in [4.78, 5) is 19.3. The molecule has 5 rings (SSSR count). The highest BCUT2D eigenvalue weighted by Crippen LogP contribution is 2.31. The molecule has 1 aliphatic heterocycles. The number of carbonyl (C=O) groups is 1. The second-order valence-corrected chi connectivity index (χ2v) is 7.94. The van der Waals surface area contributed by atoms with Gasteiger partial charge in [-0.05, 0) is 46.5 Å². The fraction of sp³-hybridized carbons (Fsp3) is 0.143. The van der Waals surface area contributed by atoms with Crippen molar-refractivity contribution < 1.29 is 14.3 Å². The summed E-state index contributed by atoms with van der Waals surface area (Å²) >= 11 is 0. The minimum absolute atomic E-state index is 0.0422. The highest BCUT2D eigenvalue weighted by Gasteiger charge is 2.19. The van der Waals surface area contributed by atoms with Crippen LogP contribution in [-0.4, -0.2) is 29.0 Å². The molecule has 0 spiro atoms. The third-order valence-electron chi connectivity index (χ3n) is 5.63. The molecular weight excluding hydrogens is 412 g/mol. The molecule has 1 amide bonds. The maximum absolute atomic E-state index is 13.4. The Morgan fingerprint density at radius 1 is 0.727 bits per heavy atom. The molecule has 164 valence electrons. The van der Waals surface area contributed by atoms with E-state index in [1.54, 1.807) is 24.5 Å². The average molecular weight is 437 g/mol. The maximum Gasteiger partial charge on any atom is 0.254 e. The van der Waals surface area contributed by atoms with Gasteiger partial charge in [-0.25, -0.2) is 0 Å². The quantitative estimate of drug-likeness (QED) is 0.408. The van der Waals surface area contributed by atoms with E-state index in [9.17, 15) is 4.79 Å².